The summed E-state index contributed by atoms with van der Waals surface area (Å²) in [4.78, 5) is 0. The van der Waals surface area contributed by atoms with E-state index in [0.29, 0.717) is 13.2 Å². The van der Waals surface area contributed by atoms with Crippen LogP contribution in [0.5, 0.6) is 5.75 Å². The molecule has 19 heavy (non-hydrogen) atoms. The van der Waals surface area contributed by atoms with E-state index < -0.39 is 5.92 Å². The summed E-state index contributed by atoms with van der Waals surface area (Å²) in [7, 11) is 0. The average Bonchev–Trinajstić information content (AvgIpc) is 2.86. The van der Waals surface area contributed by atoms with Crippen LogP contribution in [-0.4, -0.2) is 19.7 Å². The number of ether oxygens (including phenoxy) is 1. The Labute approximate surface area is 112 Å². The second-order valence-corrected chi connectivity index (χ2v) is 5.54. The van der Waals surface area contributed by atoms with Crippen LogP contribution >= 0.6 is 0 Å². The molecule has 0 aromatic heterocycles. The Hall–Kier alpha value is -1.16. The van der Waals surface area contributed by atoms with Crippen LogP contribution in [0.2, 0.25) is 0 Å². The molecule has 0 aliphatic carbocycles. The van der Waals surface area contributed by atoms with Crippen molar-refractivity contribution in [2.24, 2.45) is 5.92 Å². The van der Waals surface area contributed by atoms with Gasteiger partial charge in [0.25, 0.3) is 5.92 Å². The van der Waals surface area contributed by atoms with Gasteiger partial charge in [0.15, 0.2) is 0 Å². The second-order valence-electron chi connectivity index (χ2n) is 5.54. The molecular formula is C15H19F2NO. The third kappa shape index (κ3) is 2.73. The zero-order chi connectivity index (χ0) is 13.3. The van der Waals surface area contributed by atoms with Crippen LogP contribution in [0.3, 0.4) is 0 Å². The van der Waals surface area contributed by atoms with Crippen LogP contribution in [0.4, 0.5) is 8.78 Å². The van der Waals surface area contributed by atoms with Crippen molar-refractivity contribution >= 4 is 0 Å². The lowest BCUT2D eigenvalue weighted by Gasteiger charge is -2.27. The largest absolute Gasteiger partial charge is 0.493 e. The number of rotatable bonds is 3. The average molecular weight is 267 g/mol. The van der Waals surface area contributed by atoms with Crippen LogP contribution in [0.25, 0.3) is 0 Å². The summed E-state index contributed by atoms with van der Waals surface area (Å²) in [6, 6.07) is 4.82. The van der Waals surface area contributed by atoms with Crippen molar-refractivity contribution in [3.05, 3.63) is 29.3 Å². The van der Waals surface area contributed by atoms with Crippen LogP contribution in [-0.2, 0) is 12.3 Å². The van der Waals surface area contributed by atoms with Gasteiger partial charge in [-0.05, 0) is 55.6 Å². The van der Waals surface area contributed by atoms with Crippen LogP contribution in [0, 0.1) is 5.92 Å². The molecule has 1 unspecified atom stereocenters. The number of alkyl halides is 2. The topological polar surface area (TPSA) is 21.3 Å². The van der Waals surface area contributed by atoms with Crippen molar-refractivity contribution in [1.29, 1.82) is 0 Å². The molecule has 1 saturated heterocycles. The maximum atomic E-state index is 14.3. The summed E-state index contributed by atoms with van der Waals surface area (Å²) in [5.41, 5.74) is 1.06. The predicted molar refractivity (Wildman–Crippen MR) is 69.7 cm³/mol. The van der Waals surface area contributed by atoms with Crippen LogP contribution in [0.15, 0.2) is 18.2 Å². The molecule has 0 radical (unpaired) electrons. The quantitative estimate of drug-likeness (QED) is 0.908. The van der Waals surface area contributed by atoms with Gasteiger partial charge in [-0.3, -0.25) is 0 Å². The number of piperidine rings is 1. The van der Waals surface area contributed by atoms with E-state index in [9.17, 15) is 8.78 Å². The molecule has 1 N–H and O–H groups in total. The van der Waals surface area contributed by atoms with Gasteiger partial charge in [0.2, 0.25) is 0 Å². The van der Waals surface area contributed by atoms with E-state index in [1.54, 1.807) is 12.1 Å². The van der Waals surface area contributed by atoms with Crippen molar-refractivity contribution in [1.82, 2.24) is 5.32 Å². The molecule has 1 atom stereocenters. The van der Waals surface area contributed by atoms with E-state index >= 15 is 0 Å². The number of halogens is 2. The highest BCUT2D eigenvalue weighted by molar-refractivity contribution is 5.41. The summed E-state index contributed by atoms with van der Waals surface area (Å²) in [6.45, 7) is 2.28. The van der Waals surface area contributed by atoms with Gasteiger partial charge in [-0.1, -0.05) is 0 Å². The third-order valence-corrected chi connectivity index (χ3v) is 4.06. The Kier molecular flexibility index (Phi) is 3.44. The SMILES string of the molecule is FC(F)(CC1CCCNC1)c1ccc2c(c1)CCO2. The summed E-state index contributed by atoms with van der Waals surface area (Å²) in [5, 5.41) is 3.20. The van der Waals surface area contributed by atoms with Gasteiger partial charge >= 0.3 is 0 Å². The molecule has 2 aliphatic heterocycles. The van der Waals surface area contributed by atoms with Gasteiger partial charge in [0, 0.05) is 18.4 Å². The molecule has 0 bridgehead atoms. The molecule has 2 nitrogen and oxygen atoms in total. The molecule has 1 aromatic carbocycles. The highest BCUT2D eigenvalue weighted by atomic mass is 19.3. The van der Waals surface area contributed by atoms with Crippen molar-refractivity contribution in [3.63, 3.8) is 0 Å². The van der Waals surface area contributed by atoms with Crippen molar-refractivity contribution in [2.45, 2.75) is 31.6 Å². The summed E-state index contributed by atoms with van der Waals surface area (Å²) < 4.78 is 34.0. The van der Waals surface area contributed by atoms with Crippen molar-refractivity contribution in [2.75, 3.05) is 19.7 Å². The molecular weight excluding hydrogens is 248 g/mol. The molecule has 1 fully saturated rings. The maximum absolute atomic E-state index is 14.3. The first-order valence-corrected chi connectivity index (χ1v) is 7.00. The third-order valence-electron chi connectivity index (χ3n) is 4.06. The fourth-order valence-electron chi connectivity index (χ4n) is 2.99. The minimum Gasteiger partial charge on any atom is -0.493 e. The summed E-state index contributed by atoms with van der Waals surface area (Å²) in [6.07, 6.45) is 2.58. The highest BCUT2D eigenvalue weighted by Crippen LogP contribution is 2.39. The summed E-state index contributed by atoms with van der Waals surface area (Å²) >= 11 is 0. The lowest BCUT2D eigenvalue weighted by molar-refractivity contribution is -0.0318. The van der Waals surface area contributed by atoms with Gasteiger partial charge < -0.3 is 10.1 Å². The van der Waals surface area contributed by atoms with Crippen molar-refractivity contribution in [3.8, 4) is 5.75 Å². The first kappa shape index (κ1) is 12.9. The molecule has 2 heterocycles. The minimum absolute atomic E-state index is 0.0559. The first-order valence-electron chi connectivity index (χ1n) is 7.00. The molecule has 1 aromatic rings. The number of fused-ring (bicyclic) bond motifs is 1. The van der Waals surface area contributed by atoms with Gasteiger partial charge in [0.1, 0.15) is 5.75 Å². The molecule has 0 saturated carbocycles. The number of benzene rings is 1. The highest BCUT2D eigenvalue weighted by Gasteiger charge is 2.35. The van der Waals surface area contributed by atoms with Gasteiger partial charge in [0.05, 0.1) is 6.61 Å². The fourth-order valence-corrected chi connectivity index (χ4v) is 2.99. The zero-order valence-corrected chi connectivity index (χ0v) is 10.9. The van der Waals surface area contributed by atoms with Crippen LogP contribution in [0.1, 0.15) is 30.4 Å². The Morgan fingerprint density at radius 2 is 2.26 bits per heavy atom. The number of hydrogen-bond donors (Lipinski definition) is 1. The Morgan fingerprint density at radius 3 is 3.05 bits per heavy atom. The number of hydrogen-bond acceptors (Lipinski definition) is 2. The lowest BCUT2D eigenvalue weighted by Crippen LogP contribution is -2.33. The number of nitrogens with one attached hydrogen (secondary N) is 1. The normalized spacial score (nSPS) is 22.9. The maximum Gasteiger partial charge on any atom is 0.273 e. The molecule has 3 rings (SSSR count). The predicted octanol–water partition coefficient (Wildman–Crippen LogP) is 3.10. The second kappa shape index (κ2) is 5.08. The van der Waals surface area contributed by atoms with E-state index in [-0.39, 0.29) is 17.9 Å². The molecule has 0 amide bonds. The van der Waals surface area contributed by atoms with Crippen molar-refractivity contribution < 1.29 is 13.5 Å². The standard InChI is InChI=1S/C15H19F2NO/c16-15(17,9-11-2-1-6-18-10-11)13-3-4-14-12(8-13)5-7-19-14/h3-4,8,11,18H,1-2,5-7,9-10H2. The fraction of sp³-hybridized carbons (Fsp3) is 0.600. The van der Waals surface area contributed by atoms with E-state index in [0.717, 1.165) is 37.1 Å². The zero-order valence-electron chi connectivity index (χ0n) is 10.9. The van der Waals surface area contributed by atoms with E-state index in [1.165, 1.54) is 6.07 Å². The first-order chi connectivity index (χ1) is 9.15. The Bertz CT molecular complexity index is 455. The molecule has 2 aliphatic rings. The van der Waals surface area contributed by atoms with Gasteiger partial charge in [-0.25, -0.2) is 8.78 Å². The minimum atomic E-state index is -2.73. The van der Waals surface area contributed by atoms with Gasteiger partial charge in [-0.15, -0.1) is 0 Å². The van der Waals surface area contributed by atoms with E-state index in [1.807, 2.05) is 0 Å². The molecule has 0 spiro atoms. The van der Waals surface area contributed by atoms with E-state index in [2.05, 4.69) is 5.32 Å². The van der Waals surface area contributed by atoms with Crippen LogP contribution < -0.4 is 10.1 Å². The molecule has 104 valence electrons. The monoisotopic (exact) mass is 267 g/mol. The Morgan fingerprint density at radius 1 is 1.37 bits per heavy atom. The van der Waals surface area contributed by atoms with Gasteiger partial charge in [-0.2, -0.15) is 0 Å². The smallest absolute Gasteiger partial charge is 0.273 e. The molecule has 4 heteroatoms. The summed E-state index contributed by atoms with van der Waals surface area (Å²) in [5.74, 6) is -1.89. The van der Waals surface area contributed by atoms with E-state index in [4.69, 9.17) is 4.74 Å². The Balaban J connectivity index is 1.75. The lowest BCUT2D eigenvalue weighted by atomic mass is 9.90.